The molecule has 1 heterocycles. The van der Waals surface area contributed by atoms with Gasteiger partial charge >= 0.3 is 6.09 Å². The van der Waals surface area contributed by atoms with Crippen LogP contribution in [0.2, 0.25) is 0 Å². The minimum absolute atomic E-state index is 0.0524. The number of carboxylic acid groups (broad SMARTS) is 1. The van der Waals surface area contributed by atoms with E-state index in [0.29, 0.717) is 38.8 Å². The quantitative estimate of drug-likeness (QED) is 0.514. The first-order chi connectivity index (χ1) is 15.9. The molecule has 2 aromatic rings. The van der Waals surface area contributed by atoms with Gasteiger partial charge in [0.15, 0.2) is 0 Å². The SMILES string of the molecule is O=C(O)NC1CCN(C(=O)C(c2ccc(-c3cccc(Br)c3)cc2)C2(O)CCCCC2)CC1. The molecule has 1 unspecified atom stereocenters. The molecule has 2 fully saturated rings. The molecule has 0 radical (unpaired) electrons. The van der Waals surface area contributed by atoms with E-state index in [1.807, 2.05) is 42.5 Å². The van der Waals surface area contributed by atoms with Gasteiger partial charge in [0.25, 0.3) is 0 Å². The molecule has 1 atom stereocenters. The van der Waals surface area contributed by atoms with Crippen molar-refractivity contribution in [3.8, 4) is 11.1 Å². The highest BCUT2D eigenvalue weighted by Crippen LogP contribution is 2.42. The van der Waals surface area contributed by atoms with Crippen molar-refractivity contribution >= 4 is 27.9 Å². The first kappa shape index (κ1) is 23.8. The monoisotopic (exact) mass is 514 g/mol. The molecule has 1 aliphatic carbocycles. The number of nitrogens with zero attached hydrogens (tertiary/aromatic N) is 1. The third-order valence-corrected chi connectivity index (χ3v) is 7.53. The Labute approximate surface area is 203 Å². The van der Waals surface area contributed by atoms with Crippen LogP contribution in [-0.4, -0.2) is 51.8 Å². The molecular weight excluding hydrogens is 484 g/mol. The van der Waals surface area contributed by atoms with E-state index in [-0.39, 0.29) is 11.9 Å². The molecule has 1 aliphatic heterocycles. The van der Waals surface area contributed by atoms with Gasteiger partial charge in [0.05, 0.1) is 11.5 Å². The molecular formula is C26H31BrN2O4. The zero-order valence-corrected chi connectivity index (χ0v) is 20.3. The molecule has 7 heteroatoms. The van der Waals surface area contributed by atoms with Crippen molar-refractivity contribution in [3.63, 3.8) is 0 Å². The Morgan fingerprint density at radius 2 is 1.67 bits per heavy atom. The zero-order valence-electron chi connectivity index (χ0n) is 18.7. The van der Waals surface area contributed by atoms with E-state index in [9.17, 15) is 14.7 Å². The van der Waals surface area contributed by atoms with Crippen LogP contribution in [0.5, 0.6) is 0 Å². The lowest BCUT2D eigenvalue weighted by Gasteiger charge is -2.42. The maximum atomic E-state index is 13.8. The maximum Gasteiger partial charge on any atom is 0.404 e. The van der Waals surface area contributed by atoms with E-state index in [0.717, 1.165) is 40.4 Å². The summed E-state index contributed by atoms with van der Waals surface area (Å²) in [6.07, 6.45) is 4.30. The average molecular weight is 515 g/mol. The Balaban J connectivity index is 1.58. The Kier molecular flexibility index (Phi) is 7.39. The summed E-state index contributed by atoms with van der Waals surface area (Å²) in [5.74, 6) is -0.665. The smallest absolute Gasteiger partial charge is 0.404 e. The molecule has 176 valence electrons. The summed E-state index contributed by atoms with van der Waals surface area (Å²) < 4.78 is 1.01. The Morgan fingerprint density at radius 1 is 1.00 bits per heavy atom. The van der Waals surface area contributed by atoms with Crippen molar-refractivity contribution in [2.45, 2.75) is 62.5 Å². The number of hydrogen-bond donors (Lipinski definition) is 3. The number of benzene rings is 2. The van der Waals surface area contributed by atoms with Crippen molar-refractivity contribution < 1.29 is 19.8 Å². The van der Waals surface area contributed by atoms with Crippen LogP contribution < -0.4 is 5.32 Å². The number of hydrogen-bond acceptors (Lipinski definition) is 3. The Bertz CT molecular complexity index is 980. The topological polar surface area (TPSA) is 89.9 Å². The van der Waals surface area contributed by atoms with E-state index in [4.69, 9.17) is 5.11 Å². The molecule has 0 spiro atoms. The molecule has 1 saturated carbocycles. The lowest BCUT2D eigenvalue weighted by atomic mass is 9.72. The standard InChI is InChI=1S/C26H31BrN2O4/c27-21-6-4-5-20(17-21)18-7-9-19(10-8-18)23(26(33)13-2-1-3-14-26)24(30)29-15-11-22(12-16-29)28-25(31)32/h4-10,17,22-23,28,33H,1-3,11-16H2,(H,31,32). The van der Waals surface area contributed by atoms with Gasteiger partial charge < -0.3 is 20.4 Å². The van der Waals surface area contributed by atoms with E-state index in [1.165, 1.54) is 0 Å². The van der Waals surface area contributed by atoms with E-state index in [1.54, 1.807) is 4.90 Å². The van der Waals surface area contributed by atoms with Gasteiger partial charge in [0.1, 0.15) is 0 Å². The number of carbonyl (C=O) groups excluding carboxylic acids is 1. The zero-order chi connectivity index (χ0) is 23.4. The van der Waals surface area contributed by atoms with Crippen LogP contribution in [0.4, 0.5) is 4.79 Å². The molecule has 4 rings (SSSR count). The molecule has 2 aromatic carbocycles. The minimum Gasteiger partial charge on any atom is -0.465 e. The Morgan fingerprint density at radius 3 is 2.27 bits per heavy atom. The minimum atomic E-state index is -1.05. The highest BCUT2D eigenvalue weighted by Gasteiger charge is 2.45. The molecule has 6 nitrogen and oxygen atoms in total. The summed E-state index contributed by atoms with van der Waals surface area (Å²) in [5, 5.41) is 23.1. The predicted molar refractivity (Wildman–Crippen MR) is 131 cm³/mol. The van der Waals surface area contributed by atoms with E-state index in [2.05, 4.69) is 27.3 Å². The largest absolute Gasteiger partial charge is 0.465 e. The number of halogens is 1. The summed E-state index contributed by atoms with van der Waals surface area (Å²) in [5.41, 5.74) is 1.93. The van der Waals surface area contributed by atoms with Crippen molar-refractivity contribution in [1.29, 1.82) is 0 Å². The second kappa shape index (κ2) is 10.3. The van der Waals surface area contributed by atoms with Gasteiger partial charge in [-0.2, -0.15) is 0 Å². The van der Waals surface area contributed by atoms with Gasteiger partial charge in [0.2, 0.25) is 5.91 Å². The van der Waals surface area contributed by atoms with Crippen LogP contribution in [-0.2, 0) is 4.79 Å². The molecule has 2 amide bonds. The number of aliphatic hydroxyl groups is 1. The van der Waals surface area contributed by atoms with E-state index >= 15 is 0 Å². The van der Waals surface area contributed by atoms with Crippen LogP contribution in [0, 0.1) is 0 Å². The van der Waals surface area contributed by atoms with Crippen molar-refractivity contribution in [2.24, 2.45) is 0 Å². The van der Waals surface area contributed by atoms with Gasteiger partial charge in [-0.15, -0.1) is 0 Å². The molecule has 3 N–H and O–H groups in total. The van der Waals surface area contributed by atoms with Gasteiger partial charge in [-0.1, -0.05) is 71.6 Å². The fourth-order valence-electron chi connectivity index (χ4n) is 5.27. The summed E-state index contributed by atoms with van der Waals surface area (Å²) in [4.78, 5) is 26.5. The fraction of sp³-hybridized carbons (Fsp3) is 0.462. The number of amides is 2. The lowest BCUT2D eigenvalue weighted by Crippen LogP contribution is -2.52. The van der Waals surface area contributed by atoms with Gasteiger partial charge in [-0.3, -0.25) is 4.79 Å². The van der Waals surface area contributed by atoms with Crippen LogP contribution in [0.15, 0.2) is 53.0 Å². The van der Waals surface area contributed by atoms with Crippen LogP contribution in [0.1, 0.15) is 56.4 Å². The fourth-order valence-corrected chi connectivity index (χ4v) is 5.67. The number of piperidine rings is 1. The lowest BCUT2D eigenvalue weighted by molar-refractivity contribution is -0.142. The normalized spacial score (nSPS) is 19.6. The molecule has 1 saturated heterocycles. The molecule has 33 heavy (non-hydrogen) atoms. The van der Waals surface area contributed by atoms with Crippen molar-refractivity contribution in [1.82, 2.24) is 10.2 Å². The first-order valence-electron chi connectivity index (χ1n) is 11.7. The van der Waals surface area contributed by atoms with Crippen LogP contribution >= 0.6 is 15.9 Å². The number of likely N-dealkylation sites (tertiary alicyclic amines) is 1. The third-order valence-electron chi connectivity index (χ3n) is 7.04. The van der Waals surface area contributed by atoms with Gasteiger partial charge in [-0.25, -0.2) is 4.79 Å². The summed E-state index contributed by atoms with van der Waals surface area (Å²) in [6.45, 7) is 0.985. The first-order valence-corrected chi connectivity index (χ1v) is 12.5. The number of carbonyl (C=O) groups is 2. The Hall–Kier alpha value is -2.38. The number of rotatable bonds is 5. The average Bonchev–Trinajstić information content (AvgIpc) is 2.80. The predicted octanol–water partition coefficient (Wildman–Crippen LogP) is 5.15. The summed E-state index contributed by atoms with van der Waals surface area (Å²) >= 11 is 3.52. The van der Waals surface area contributed by atoms with Crippen LogP contribution in [0.3, 0.4) is 0 Å². The van der Waals surface area contributed by atoms with Gasteiger partial charge in [0, 0.05) is 23.6 Å². The third kappa shape index (κ3) is 5.58. The second-order valence-electron chi connectivity index (χ2n) is 9.28. The number of nitrogens with one attached hydrogen (secondary N) is 1. The maximum absolute atomic E-state index is 13.8. The van der Waals surface area contributed by atoms with Crippen molar-refractivity contribution in [3.05, 3.63) is 58.6 Å². The van der Waals surface area contributed by atoms with Crippen LogP contribution in [0.25, 0.3) is 11.1 Å². The second-order valence-corrected chi connectivity index (χ2v) is 10.2. The van der Waals surface area contributed by atoms with Crippen molar-refractivity contribution in [2.75, 3.05) is 13.1 Å². The summed E-state index contributed by atoms with van der Waals surface area (Å²) in [7, 11) is 0. The van der Waals surface area contributed by atoms with Gasteiger partial charge in [-0.05, 0) is 54.5 Å². The summed E-state index contributed by atoms with van der Waals surface area (Å²) in [6, 6.07) is 15.9. The molecule has 0 bridgehead atoms. The van der Waals surface area contributed by atoms with E-state index < -0.39 is 17.6 Å². The highest BCUT2D eigenvalue weighted by molar-refractivity contribution is 9.10. The molecule has 2 aliphatic rings. The molecule has 0 aromatic heterocycles. The highest BCUT2D eigenvalue weighted by atomic mass is 79.9.